The van der Waals surface area contributed by atoms with E-state index in [1.165, 1.54) is 23.0 Å². The highest BCUT2D eigenvalue weighted by Gasteiger charge is 2.36. The van der Waals surface area contributed by atoms with Gasteiger partial charge in [0.1, 0.15) is 5.75 Å². The average Bonchev–Trinajstić information content (AvgIpc) is 3.90. The number of aromatic nitrogens is 3. The van der Waals surface area contributed by atoms with E-state index >= 15 is 0 Å². The number of thioether (sulfide) groups is 1. The molecule has 0 saturated carbocycles. The highest BCUT2D eigenvalue weighted by molar-refractivity contribution is 7.99. The first-order chi connectivity index (χ1) is 23.0. The van der Waals surface area contributed by atoms with Gasteiger partial charge in [0, 0.05) is 17.7 Å². The molecule has 1 aliphatic heterocycles. The molecule has 240 valence electrons. The van der Waals surface area contributed by atoms with Crippen LogP contribution in [-0.2, 0) is 11.3 Å². The third-order valence-electron chi connectivity index (χ3n) is 7.57. The van der Waals surface area contributed by atoms with Crippen molar-refractivity contribution in [3.8, 4) is 22.9 Å². The maximum atomic E-state index is 14.0. The number of ether oxygens (including phenoxy) is 3. The smallest absolute Gasteiger partial charge is 0.287 e. The number of nitrogens with zero attached hydrogens (tertiary/aromatic N) is 5. The Hall–Kier alpha value is -5.56. The zero-order chi connectivity index (χ0) is 32.8. The van der Waals surface area contributed by atoms with Crippen molar-refractivity contribution in [1.82, 2.24) is 25.1 Å². The molecule has 1 aliphatic rings. The second-order valence-corrected chi connectivity index (χ2v) is 11.3. The second kappa shape index (κ2) is 14.3. The van der Waals surface area contributed by atoms with Crippen LogP contribution in [0.3, 0.4) is 0 Å². The molecular weight excluding hydrogens is 620 g/mol. The van der Waals surface area contributed by atoms with Crippen molar-refractivity contribution in [3.63, 3.8) is 0 Å². The Balaban J connectivity index is 1.27. The molecular formula is C34H32N6O6S. The molecule has 3 aromatic carbocycles. The van der Waals surface area contributed by atoms with Crippen molar-refractivity contribution < 1.29 is 28.2 Å². The number of hydrazone groups is 1. The number of furan rings is 1. The van der Waals surface area contributed by atoms with Gasteiger partial charge in [0.2, 0.25) is 0 Å². The molecule has 0 radical (unpaired) electrons. The first-order valence-corrected chi connectivity index (χ1v) is 15.7. The number of nitrogens with one attached hydrogen (secondary N) is 1. The Kier molecular flexibility index (Phi) is 9.53. The van der Waals surface area contributed by atoms with Crippen LogP contribution in [0.4, 0.5) is 0 Å². The van der Waals surface area contributed by atoms with Crippen LogP contribution in [-0.4, -0.2) is 64.4 Å². The Morgan fingerprint density at radius 3 is 2.43 bits per heavy atom. The van der Waals surface area contributed by atoms with Gasteiger partial charge in [0.15, 0.2) is 28.2 Å². The van der Waals surface area contributed by atoms with Crippen LogP contribution in [0.5, 0.6) is 17.2 Å². The molecule has 5 aromatic rings. The standard InChI is InChI=1S/C34H32N6O6S/c1-43-24-16-14-22(15-17-24)26-19-27(25-11-7-12-28(44-2)32(25)45-3)40(38-26)31(41)21-47-34-37-36-30(39(34)23-9-5-4-6-10-23)20-35-33(42)29-13-8-18-46-29/h4-18,27H,19-21H2,1-3H3,(H,35,42). The van der Waals surface area contributed by atoms with E-state index in [4.69, 9.17) is 23.7 Å². The molecule has 0 bridgehead atoms. The predicted octanol–water partition coefficient (Wildman–Crippen LogP) is 5.29. The molecule has 3 heterocycles. The topological polar surface area (TPSA) is 133 Å². The van der Waals surface area contributed by atoms with Gasteiger partial charge in [-0.25, -0.2) is 5.01 Å². The summed E-state index contributed by atoms with van der Waals surface area (Å²) in [6.07, 6.45) is 1.90. The zero-order valence-corrected chi connectivity index (χ0v) is 26.8. The van der Waals surface area contributed by atoms with E-state index in [9.17, 15) is 9.59 Å². The van der Waals surface area contributed by atoms with Crippen molar-refractivity contribution in [2.75, 3.05) is 27.1 Å². The monoisotopic (exact) mass is 652 g/mol. The first-order valence-electron chi connectivity index (χ1n) is 14.7. The minimum Gasteiger partial charge on any atom is -0.497 e. The molecule has 0 spiro atoms. The molecule has 0 aliphatic carbocycles. The Bertz CT molecular complexity index is 1880. The highest BCUT2D eigenvalue weighted by Crippen LogP contribution is 2.42. The minimum absolute atomic E-state index is 0.0197. The normalized spacial score (nSPS) is 14.1. The molecule has 6 rings (SSSR count). The molecule has 0 fully saturated rings. The van der Waals surface area contributed by atoms with Crippen LogP contribution in [0, 0.1) is 0 Å². The summed E-state index contributed by atoms with van der Waals surface area (Å²) in [5.41, 5.74) is 3.20. The van der Waals surface area contributed by atoms with Crippen molar-refractivity contribution in [2.24, 2.45) is 5.10 Å². The van der Waals surface area contributed by atoms with Gasteiger partial charge in [-0.05, 0) is 60.2 Å². The van der Waals surface area contributed by atoms with E-state index in [2.05, 4.69) is 15.5 Å². The van der Waals surface area contributed by atoms with Gasteiger partial charge in [0.05, 0.1) is 51.6 Å². The number of para-hydroxylation sites is 2. The number of methoxy groups -OCH3 is 3. The minimum atomic E-state index is -0.440. The third-order valence-corrected chi connectivity index (χ3v) is 8.49. The Labute approximate surface area is 275 Å². The summed E-state index contributed by atoms with van der Waals surface area (Å²) in [6, 6.07) is 25.5. The highest BCUT2D eigenvalue weighted by atomic mass is 32.2. The van der Waals surface area contributed by atoms with Gasteiger partial charge < -0.3 is 23.9 Å². The number of rotatable bonds is 12. The van der Waals surface area contributed by atoms with Crippen molar-refractivity contribution in [1.29, 1.82) is 0 Å². The Morgan fingerprint density at radius 1 is 0.915 bits per heavy atom. The van der Waals surface area contributed by atoms with Gasteiger partial charge in [-0.15, -0.1) is 10.2 Å². The van der Waals surface area contributed by atoms with Crippen molar-refractivity contribution in [3.05, 3.63) is 114 Å². The molecule has 47 heavy (non-hydrogen) atoms. The molecule has 1 atom stereocenters. The summed E-state index contributed by atoms with van der Waals surface area (Å²) in [7, 11) is 4.77. The fourth-order valence-electron chi connectivity index (χ4n) is 5.31. The van der Waals surface area contributed by atoms with Gasteiger partial charge in [-0.1, -0.05) is 42.1 Å². The third kappa shape index (κ3) is 6.70. The van der Waals surface area contributed by atoms with Gasteiger partial charge in [0.25, 0.3) is 11.8 Å². The molecule has 1 N–H and O–H groups in total. The van der Waals surface area contributed by atoms with E-state index < -0.39 is 6.04 Å². The van der Waals surface area contributed by atoms with Crippen molar-refractivity contribution in [2.45, 2.75) is 24.2 Å². The van der Waals surface area contributed by atoms with Crippen molar-refractivity contribution >= 4 is 29.3 Å². The maximum Gasteiger partial charge on any atom is 0.287 e. The van der Waals surface area contributed by atoms with E-state index in [1.54, 1.807) is 33.5 Å². The van der Waals surface area contributed by atoms with E-state index in [0.717, 1.165) is 28.3 Å². The van der Waals surface area contributed by atoms with Crippen LogP contribution in [0.2, 0.25) is 0 Å². The first kappa shape index (κ1) is 31.4. The molecule has 2 aromatic heterocycles. The lowest BCUT2D eigenvalue weighted by Gasteiger charge is -2.24. The summed E-state index contributed by atoms with van der Waals surface area (Å²) >= 11 is 1.23. The predicted molar refractivity (Wildman–Crippen MR) is 175 cm³/mol. The van der Waals surface area contributed by atoms with Gasteiger partial charge in [-0.3, -0.25) is 14.2 Å². The number of carbonyl (C=O) groups excluding carboxylic acids is 2. The molecule has 1 unspecified atom stereocenters. The summed E-state index contributed by atoms with van der Waals surface area (Å²) in [5, 5.41) is 18.4. The van der Waals surface area contributed by atoms with Crippen LogP contribution in [0.1, 0.15) is 40.0 Å². The SMILES string of the molecule is COc1ccc(C2=NN(C(=O)CSc3nnc(CNC(=O)c4ccco4)n3-c3ccccc3)C(c3cccc(OC)c3OC)C2)cc1. The fourth-order valence-corrected chi connectivity index (χ4v) is 6.13. The lowest BCUT2D eigenvalue weighted by Crippen LogP contribution is -2.29. The molecule has 13 heteroatoms. The average molecular weight is 653 g/mol. The quantitative estimate of drug-likeness (QED) is 0.179. The largest absolute Gasteiger partial charge is 0.497 e. The lowest BCUT2D eigenvalue weighted by molar-refractivity contribution is -0.130. The fraction of sp³-hybridized carbons (Fsp3) is 0.206. The summed E-state index contributed by atoms with van der Waals surface area (Å²) in [4.78, 5) is 26.6. The number of carbonyl (C=O) groups is 2. The van der Waals surface area contributed by atoms with Gasteiger partial charge >= 0.3 is 0 Å². The van der Waals surface area contributed by atoms with Crippen LogP contribution < -0.4 is 19.5 Å². The van der Waals surface area contributed by atoms with E-state index in [0.29, 0.717) is 28.9 Å². The zero-order valence-electron chi connectivity index (χ0n) is 26.0. The number of benzene rings is 3. The summed E-state index contributed by atoms with van der Waals surface area (Å²) < 4.78 is 23.6. The van der Waals surface area contributed by atoms with E-state index in [1.807, 2.05) is 77.4 Å². The number of hydrogen-bond donors (Lipinski definition) is 1. The number of amides is 2. The van der Waals surface area contributed by atoms with Gasteiger partial charge in [-0.2, -0.15) is 5.10 Å². The molecule has 0 saturated heterocycles. The van der Waals surface area contributed by atoms with E-state index in [-0.39, 0.29) is 29.9 Å². The summed E-state index contributed by atoms with van der Waals surface area (Å²) in [5.74, 6) is 1.93. The van der Waals surface area contributed by atoms with Crippen LogP contribution in [0.25, 0.3) is 5.69 Å². The second-order valence-electron chi connectivity index (χ2n) is 10.3. The van der Waals surface area contributed by atoms with Crippen LogP contribution in [0.15, 0.2) is 106 Å². The maximum absolute atomic E-state index is 14.0. The Morgan fingerprint density at radius 2 is 1.72 bits per heavy atom. The lowest BCUT2D eigenvalue weighted by atomic mass is 9.97. The summed E-state index contributed by atoms with van der Waals surface area (Å²) in [6.45, 7) is 0.0925. The molecule has 12 nitrogen and oxygen atoms in total. The van der Waals surface area contributed by atoms with Crippen LogP contribution >= 0.6 is 11.8 Å². The number of hydrogen-bond acceptors (Lipinski definition) is 10. The molecule has 2 amide bonds.